The second kappa shape index (κ2) is 13.2. The van der Waals surface area contributed by atoms with Gasteiger partial charge in [-0.3, -0.25) is 14.7 Å². The molecule has 0 aliphatic heterocycles. The van der Waals surface area contributed by atoms with Gasteiger partial charge in [-0.25, -0.2) is 26.0 Å². The van der Waals surface area contributed by atoms with Gasteiger partial charge in [-0.2, -0.15) is 10.2 Å². The zero-order valence-corrected chi connectivity index (χ0v) is 34.7. The predicted octanol–water partition coefficient (Wildman–Crippen LogP) is 8.61. The number of aromatic nitrogens is 6. The fourth-order valence-corrected chi connectivity index (χ4v) is 12.6. The highest BCUT2D eigenvalue weighted by molar-refractivity contribution is 7.92. The Morgan fingerprint density at radius 2 is 1.34 bits per heavy atom. The van der Waals surface area contributed by atoms with E-state index in [1.807, 2.05) is 13.8 Å². The van der Waals surface area contributed by atoms with E-state index in [-0.39, 0.29) is 40.6 Å². The SMILES string of the molecule is CC1(C)[C@@H]2c3cc(-c4c(F)cccc4F)nnc3[C@@]1(c1cc(CO)ccn1)CC2c1ccc(F)c(-c2cc3c(nn2)[C@@]2(c4cc(NS(C)(=O)=O)ccn4)CC[C@@H]3C2(C)C)c1F. The summed E-state index contributed by atoms with van der Waals surface area (Å²) in [5.41, 5.74) is 1.50. The number of rotatable bonds is 8. The lowest BCUT2D eigenvalue weighted by Gasteiger charge is -2.37. The van der Waals surface area contributed by atoms with Crippen molar-refractivity contribution in [2.75, 3.05) is 11.0 Å². The molecule has 0 spiro atoms. The van der Waals surface area contributed by atoms with Crippen LogP contribution in [0.4, 0.5) is 23.2 Å². The molecule has 1 unspecified atom stereocenters. The van der Waals surface area contributed by atoms with Crippen LogP contribution >= 0.6 is 0 Å². The van der Waals surface area contributed by atoms with Crippen LogP contribution < -0.4 is 4.72 Å². The second-order valence-electron chi connectivity index (χ2n) is 18.1. The molecule has 4 aliphatic carbocycles. The molecule has 4 aromatic heterocycles. The molecule has 0 amide bonds. The fraction of sp³-hybridized carbons (Fsp3) is 0.348. The van der Waals surface area contributed by atoms with Crippen molar-refractivity contribution in [2.24, 2.45) is 10.8 Å². The number of hydrogen-bond acceptors (Lipinski definition) is 9. The van der Waals surface area contributed by atoms with E-state index in [9.17, 15) is 13.5 Å². The molecular formula is C46H41F4N7O3S. The van der Waals surface area contributed by atoms with E-state index in [2.05, 4.69) is 33.9 Å². The van der Waals surface area contributed by atoms with Crippen LogP contribution in [0.25, 0.3) is 22.5 Å². The summed E-state index contributed by atoms with van der Waals surface area (Å²) in [4.78, 5) is 9.49. The van der Waals surface area contributed by atoms with Crippen LogP contribution in [-0.4, -0.2) is 50.1 Å². The molecular weight excluding hydrogens is 807 g/mol. The number of pyridine rings is 2. The Balaban J connectivity index is 1.11. The third kappa shape index (κ3) is 5.31. The van der Waals surface area contributed by atoms with E-state index in [0.29, 0.717) is 52.4 Å². The van der Waals surface area contributed by atoms with E-state index in [0.717, 1.165) is 30.4 Å². The summed E-state index contributed by atoms with van der Waals surface area (Å²) in [5, 5.41) is 28.4. The van der Waals surface area contributed by atoms with Gasteiger partial charge in [0, 0.05) is 12.4 Å². The van der Waals surface area contributed by atoms with Crippen LogP contribution in [0.2, 0.25) is 0 Å². The molecule has 4 heterocycles. The van der Waals surface area contributed by atoms with E-state index in [1.54, 1.807) is 48.8 Å². The highest BCUT2D eigenvalue weighted by Crippen LogP contribution is 2.74. The van der Waals surface area contributed by atoms with Crippen LogP contribution in [0.15, 0.2) is 79.1 Å². The number of hydrogen-bond donors (Lipinski definition) is 2. The van der Waals surface area contributed by atoms with Crippen molar-refractivity contribution in [3.05, 3.63) is 147 Å². The molecule has 4 aliphatic rings. The maximum atomic E-state index is 17.6. The summed E-state index contributed by atoms with van der Waals surface area (Å²) in [6.45, 7) is 8.02. The second-order valence-corrected chi connectivity index (χ2v) is 19.9. The molecule has 0 radical (unpaired) electrons. The quantitative estimate of drug-likeness (QED) is 0.144. The first-order chi connectivity index (χ1) is 28.9. The van der Waals surface area contributed by atoms with Gasteiger partial charge in [0.2, 0.25) is 10.0 Å². The molecule has 4 bridgehead atoms. The van der Waals surface area contributed by atoms with Crippen molar-refractivity contribution >= 4 is 15.7 Å². The third-order valence-electron chi connectivity index (χ3n) is 14.7. The van der Waals surface area contributed by atoms with Gasteiger partial charge >= 0.3 is 0 Å². The highest BCUT2D eigenvalue weighted by atomic mass is 32.2. The minimum Gasteiger partial charge on any atom is -0.392 e. The molecule has 10 nitrogen and oxygen atoms in total. The van der Waals surface area contributed by atoms with E-state index >= 15 is 17.6 Å². The van der Waals surface area contributed by atoms with E-state index < -0.39 is 66.8 Å². The van der Waals surface area contributed by atoms with Gasteiger partial charge in [-0.15, -0.1) is 10.2 Å². The number of sulfonamides is 1. The minimum absolute atomic E-state index is 0.0130. The molecule has 2 saturated carbocycles. The average Bonchev–Trinajstić information content (AvgIpc) is 3.77. The smallest absolute Gasteiger partial charge is 0.229 e. The summed E-state index contributed by atoms with van der Waals surface area (Å²) >= 11 is 0. The largest absolute Gasteiger partial charge is 0.392 e. The van der Waals surface area contributed by atoms with Gasteiger partial charge < -0.3 is 5.11 Å². The van der Waals surface area contributed by atoms with Crippen LogP contribution in [0, 0.1) is 34.1 Å². The Labute approximate surface area is 350 Å². The number of aliphatic hydroxyl groups excluding tert-OH is 1. The molecule has 0 saturated heterocycles. The molecule has 312 valence electrons. The first-order valence-corrected chi connectivity index (χ1v) is 22.0. The maximum absolute atomic E-state index is 17.6. The van der Waals surface area contributed by atoms with Gasteiger partial charge in [-0.05, 0) is 125 Å². The lowest BCUT2D eigenvalue weighted by Crippen LogP contribution is -2.38. The Hall–Kier alpha value is -5.67. The number of benzene rings is 2. The summed E-state index contributed by atoms with van der Waals surface area (Å²) in [6.07, 6.45) is 5.95. The first-order valence-electron chi connectivity index (χ1n) is 20.1. The molecule has 61 heavy (non-hydrogen) atoms. The Bertz CT molecular complexity index is 2950. The van der Waals surface area contributed by atoms with Crippen molar-refractivity contribution in [1.29, 1.82) is 0 Å². The number of nitrogens with zero attached hydrogens (tertiary/aromatic N) is 6. The Kier molecular flexibility index (Phi) is 8.52. The number of aliphatic hydroxyl groups is 1. The predicted molar refractivity (Wildman–Crippen MR) is 219 cm³/mol. The van der Waals surface area contributed by atoms with Crippen LogP contribution in [0.5, 0.6) is 0 Å². The maximum Gasteiger partial charge on any atom is 0.229 e. The Morgan fingerprint density at radius 3 is 2.03 bits per heavy atom. The topological polar surface area (TPSA) is 144 Å². The first kappa shape index (κ1) is 39.5. The third-order valence-corrected chi connectivity index (χ3v) is 15.3. The lowest BCUT2D eigenvalue weighted by molar-refractivity contribution is 0.240. The van der Waals surface area contributed by atoms with Crippen LogP contribution in [0.3, 0.4) is 0 Å². The molecule has 2 aromatic carbocycles. The number of anilines is 1. The van der Waals surface area contributed by atoms with Crippen molar-refractivity contribution in [1.82, 2.24) is 30.4 Å². The lowest BCUT2D eigenvalue weighted by atomic mass is 9.66. The van der Waals surface area contributed by atoms with Gasteiger partial charge in [0.15, 0.2) is 0 Å². The Morgan fingerprint density at radius 1 is 0.721 bits per heavy atom. The van der Waals surface area contributed by atoms with E-state index in [4.69, 9.17) is 15.1 Å². The van der Waals surface area contributed by atoms with Gasteiger partial charge in [-0.1, -0.05) is 39.8 Å². The number of fused-ring (bicyclic) bond motifs is 10. The van der Waals surface area contributed by atoms with Crippen molar-refractivity contribution in [3.8, 4) is 22.5 Å². The molecule has 5 atom stereocenters. The van der Waals surface area contributed by atoms with Gasteiger partial charge in [0.25, 0.3) is 0 Å². The fourth-order valence-electron chi connectivity index (χ4n) is 12.0. The molecule has 15 heteroatoms. The van der Waals surface area contributed by atoms with Crippen molar-refractivity contribution < 1.29 is 31.1 Å². The summed E-state index contributed by atoms with van der Waals surface area (Å²) in [5.74, 6) is -4.37. The van der Waals surface area contributed by atoms with Crippen LogP contribution in [-0.2, 0) is 27.5 Å². The molecule has 2 fully saturated rings. The zero-order valence-electron chi connectivity index (χ0n) is 33.9. The van der Waals surface area contributed by atoms with Crippen molar-refractivity contribution in [2.45, 2.75) is 82.1 Å². The van der Waals surface area contributed by atoms with Crippen LogP contribution in [0.1, 0.15) is 110 Å². The average molecular weight is 848 g/mol. The van der Waals surface area contributed by atoms with Crippen molar-refractivity contribution in [3.63, 3.8) is 0 Å². The number of nitrogens with one attached hydrogen (secondary N) is 1. The monoisotopic (exact) mass is 847 g/mol. The summed E-state index contributed by atoms with van der Waals surface area (Å²) in [7, 11) is -3.56. The standard InChI is InChI=1S/C46H41F4N7O3S/c1-43(2)29-11-14-45(43,36-18-24(13-16-52-36)57-61(5,59)60)41-26(29)19-34(54-55-41)38-32(49)10-9-25(40(38)50)28-21-46(35-17-23(22-58)12-15-51-35)42-27(39(28)44(46,3)4)20-33(53-56-42)37-30(47)7-6-8-31(37)48/h6-10,12-13,15-20,28-29,39,58H,11,14,21-22H2,1-5H3,(H,52,57)/t28?,29-,39+,45-,46-/m0/s1. The summed E-state index contributed by atoms with van der Waals surface area (Å²) < 4.78 is 90.9. The number of halogens is 4. The van der Waals surface area contributed by atoms with Gasteiger partial charge in [0.1, 0.15) is 23.3 Å². The molecule has 10 rings (SSSR count). The van der Waals surface area contributed by atoms with Gasteiger partial charge in [0.05, 0.1) is 74.7 Å². The zero-order chi connectivity index (χ0) is 43.0. The highest BCUT2D eigenvalue weighted by Gasteiger charge is 2.69. The molecule has 2 N–H and O–H groups in total. The molecule has 6 aromatic rings. The normalized spacial score (nSPS) is 25.1. The van der Waals surface area contributed by atoms with E-state index in [1.165, 1.54) is 18.2 Å². The minimum atomic E-state index is -3.56. The summed E-state index contributed by atoms with van der Waals surface area (Å²) in [6, 6.07) is 16.4.